The van der Waals surface area contributed by atoms with Crippen molar-refractivity contribution in [3.63, 3.8) is 0 Å². The fraction of sp³-hybridized carbons (Fsp3) is 0.833. The zero-order valence-electron chi connectivity index (χ0n) is 10.5. The standard InChI is InChI=1S/C12H21NO3/c1-9-7-13(6-5-10(9)8-14)11(15)16-12(2,3)4/h8-10H,5-7H2,1-4H3/t9-,10+/m0/s1. The van der Waals surface area contributed by atoms with E-state index in [0.717, 1.165) is 12.7 Å². The summed E-state index contributed by atoms with van der Waals surface area (Å²) in [5.74, 6) is 0.303. The number of likely N-dealkylation sites (tertiary alicyclic amines) is 1. The van der Waals surface area contributed by atoms with Crippen LogP contribution in [0, 0.1) is 11.8 Å². The van der Waals surface area contributed by atoms with E-state index in [4.69, 9.17) is 4.74 Å². The molecule has 1 aliphatic rings. The zero-order valence-corrected chi connectivity index (χ0v) is 10.5. The molecule has 0 aliphatic carbocycles. The molecule has 0 radical (unpaired) electrons. The number of ether oxygens (including phenoxy) is 1. The Balaban J connectivity index is 2.51. The lowest BCUT2D eigenvalue weighted by molar-refractivity contribution is -0.114. The van der Waals surface area contributed by atoms with Gasteiger partial charge >= 0.3 is 6.09 Å². The molecule has 1 rings (SSSR count). The molecule has 0 spiro atoms. The van der Waals surface area contributed by atoms with Crippen LogP contribution in [0.1, 0.15) is 34.1 Å². The second-order valence-corrected chi connectivity index (χ2v) is 5.49. The van der Waals surface area contributed by atoms with E-state index >= 15 is 0 Å². The normalized spacial score (nSPS) is 26.4. The van der Waals surface area contributed by atoms with E-state index < -0.39 is 5.60 Å². The van der Waals surface area contributed by atoms with Gasteiger partial charge < -0.3 is 14.4 Å². The fourth-order valence-corrected chi connectivity index (χ4v) is 1.86. The van der Waals surface area contributed by atoms with Gasteiger partial charge in [-0.25, -0.2) is 4.79 Å². The Morgan fingerprint density at radius 3 is 2.50 bits per heavy atom. The van der Waals surface area contributed by atoms with Gasteiger partial charge in [0.15, 0.2) is 0 Å². The molecule has 0 aromatic heterocycles. The van der Waals surface area contributed by atoms with Crippen LogP contribution in [0.3, 0.4) is 0 Å². The van der Waals surface area contributed by atoms with Crippen LogP contribution in [0.15, 0.2) is 0 Å². The molecular formula is C12H21NO3. The van der Waals surface area contributed by atoms with Crippen molar-refractivity contribution in [1.82, 2.24) is 4.90 Å². The summed E-state index contributed by atoms with van der Waals surface area (Å²) in [6.45, 7) is 8.78. The minimum atomic E-state index is -0.457. The Morgan fingerprint density at radius 2 is 2.06 bits per heavy atom. The molecule has 0 unspecified atom stereocenters. The fourth-order valence-electron chi connectivity index (χ4n) is 1.86. The Labute approximate surface area is 96.9 Å². The van der Waals surface area contributed by atoms with Gasteiger partial charge in [0.2, 0.25) is 0 Å². The number of piperidine rings is 1. The summed E-state index contributed by atoms with van der Waals surface area (Å²) >= 11 is 0. The molecule has 2 atom stereocenters. The number of hydrogen-bond acceptors (Lipinski definition) is 3. The monoisotopic (exact) mass is 227 g/mol. The van der Waals surface area contributed by atoms with Crippen molar-refractivity contribution < 1.29 is 14.3 Å². The number of hydrogen-bond donors (Lipinski definition) is 0. The Bertz CT molecular complexity index is 270. The summed E-state index contributed by atoms with van der Waals surface area (Å²) < 4.78 is 5.29. The smallest absolute Gasteiger partial charge is 0.410 e. The molecular weight excluding hydrogens is 206 g/mol. The number of aldehydes is 1. The number of nitrogens with zero attached hydrogens (tertiary/aromatic N) is 1. The molecule has 1 heterocycles. The molecule has 4 nitrogen and oxygen atoms in total. The van der Waals surface area contributed by atoms with Crippen molar-refractivity contribution >= 4 is 12.4 Å². The highest BCUT2D eigenvalue weighted by atomic mass is 16.6. The summed E-state index contributed by atoms with van der Waals surface area (Å²) in [4.78, 5) is 24.2. The molecule has 4 heteroatoms. The van der Waals surface area contributed by atoms with Crippen LogP contribution in [0.4, 0.5) is 4.79 Å². The second-order valence-electron chi connectivity index (χ2n) is 5.49. The van der Waals surface area contributed by atoms with E-state index in [1.54, 1.807) is 4.90 Å². The first-order valence-electron chi connectivity index (χ1n) is 5.76. The van der Waals surface area contributed by atoms with Crippen molar-refractivity contribution in [2.45, 2.75) is 39.7 Å². The lowest BCUT2D eigenvalue weighted by Crippen LogP contribution is -2.45. The highest BCUT2D eigenvalue weighted by Crippen LogP contribution is 2.22. The average Bonchev–Trinajstić information content (AvgIpc) is 2.15. The minimum absolute atomic E-state index is 0.0821. The maximum atomic E-state index is 11.8. The van der Waals surface area contributed by atoms with Gasteiger partial charge in [-0.2, -0.15) is 0 Å². The predicted octanol–water partition coefficient (Wildman–Crippen LogP) is 2.08. The van der Waals surface area contributed by atoms with Gasteiger partial charge in [-0.05, 0) is 33.1 Å². The molecule has 1 saturated heterocycles. The van der Waals surface area contributed by atoms with E-state index in [1.807, 2.05) is 27.7 Å². The third-order valence-corrected chi connectivity index (χ3v) is 2.80. The average molecular weight is 227 g/mol. The maximum absolute atomic E-state index is 11.8. The van der Waals surface area contributed by atoms with E-state index in [9.17, 15) is 9.59 Å². The third-order valence-electron chi connectivity index (χ3n) is 2.80. The molecule has 0 bridgehead atoms. The Kier molecular flexibility index (Phi) is 3.94. The van der Waals surface area contributed by atoms with Crippen LogP contribution in [0.2, 0.25) is 0 Å². The van der Waals surface area contributed by atoms with E-state index in [2.05, 4.69) is 0 Å². The zero-order chi connectivity index (χ0) is 12.3. The largest absolute Gasteiger partial charge is 0.444 e. The van der Waals surface area contributed by atoms with E-state index in [0.29, 0.717) is 13.1 Å². The number of carbonyl (C=O) groups is 2. The molecule has 16 heavy (non-hydrogen) atoms. The molecule has 1 aliphatic heterocycles. The topological polar surface area (TPSA) is 46.6 Å². The summed E-state index contributed by atoms with van der Waals surface area (Å²) in [6.07, 6.45) is 1.46. The first-order valence-corrected chi connectivity index (χ1v) is 5.76. The highest BCUT2D eigenvalue weighted by Gasteiger charge is 2.30. The summed E-state index contributed by atoms with van der Waals surface area (Å²) in [6, 6.07) is 0. The molecule has 0 N–H and O–H groups in total. The van der Waals surface area contributed by atoms with Gasteiger partial charge in [0.25, 0.3) is 0 Å². The molecule has 0 saturated carbocycles. The van der Waals surface area contributed by atoms with Crippen LogP contribution in [-0.4, -0.2) is 36.0 Å². The molecule has 92 valence electrons. The molecule has 0 aromatic carbocycles. The SMILES string of the molecule is C[C@H]1CN(C(=O)OC(C)(C)C)CC[C@@H]1C=O. The predicted molar refractivity (Wildman–Crippen MR) is 61.1 cm³/mol. The first kappa shape index (κ1) is 13.0. The van der Waals surface area contributed by atoms with E-state index in [-0.39, 0.29) is 17.9 Å². The van der Waals surface area contributed by atoms with Crippen LogP contribution in [0.5, 0.6) is 0 Å². The van der Waals surface area contributed by atoms with Crippen molar-refractivity contribution in [1.29, 1.82) is 0 Å². The van der Waals surface area contributed by atoms with Crippen molar-refractivity contribution in [2.75, 3.05) is 13.1 Å². The lowest BCUT2D eigenvalue weighted by Gasteiger charge is -2.35. The van der Waals surface area contributed by atoms with Crippen molar-refractivity contribution in [3.05, 3.63) is 0 Å². The van der Waals surface area contributed by atoms with Crippen LogP contribution >= 0.6 is 0 Å². The van der Waals surface area contributed by atoms with Gasteiger partial charge in [0.1, 0.15) is 11.9 Å². The van der Waals surface area contributed by atoms with Crippen LogP contribution < -0.4 is 0 Å². The minimum Gasteiger partial charge on any atom is -0.444 e. The van der Waals surface area contributed by atoms with Gasteiger partial charge in [-0.3, -0.25) is 0 Å². The molecule has 0 aromatic rings. The molecule has 1 amide bonds. The van der Waals surface area contributed by atoms with Crippen LogP contribution in [0.25, 0.3) is 0 Å². The Hall–Kier alpha value is -1.06. The number of carbonyl (C=O) groups excluding carboxylic acids is 2. The van der Waals surface area contributed by atoms with Crippen LogP contribution in [-0.2, 0) is 9.53 Å². The van der Waals surface area contributed by atoms with Gasteiger partial charge in [-0.15, -0.1) is 0 Å². The summed E-state index contributed by atoms with van der Waals surface area (Å²) in [5, 5.41) is 0. The van der Waals surface area contributed by atoms with Crippen molar-refractivity contribution in [2.24, 2.45) is 11.8 Å². The maximum Gasteiger partial charge on any atom is 0.410 e. The van der Waals surface area contributed by atoms with Crippen molar-refractivity contribution in [3.8, 4) is 0 Å². The Morgan fingerprint density at radius 1 is 1.44 bits per heavy atom. The van der Waals surface area contributed by atoms with E-state index in [1.165, 1.54) is 0 Å². The number of amides is 1. The highest BCUT2D eigenvalue weighted by molar-refractivity contribution is 5.68. The third kappa shape index (κ3) is 3.51. The first-order chi connectivity index (χ1) is 7.33. The molecule has 1 fully saturated rings. The lowest BCUT2D eigenvalue weighted by atomic mass is 9.88. The van der Waals surface area contributed by atoms with Gasteiger partial charge in [-0.1, -0.05) is 6.92 Å². The van der Waals surface area contributed by atoms with Gasteiger partial charge in [0.05, 0.1) is 0 Å². The quantitative estimate of drug-likeness (QED) is 0.644. The number of rotatable bonds is 1. The second kappa shape index (κ2) is 4.85. The summed E-state index contributed by atoms with van der Waals surface area (Å²) in [5.41, 5.74) is -0.457. The summed E-state index contributed by atoms with van der Waals surface area (Å²) in [7, 11) is 0. The van der Waals surface area contributed by atoms with Gasteiger partial charge in [0, 0.05) is 19.0 Å².